The van der Waals surface area contributed by atoms with Gasteiger partial charge in [0.1, 0.15) is 5.76 Å². The topological polar surface area (TPSA) is 40.5 Å². The van der Waals surface area contributed by atoms with Gasteiger partial charge in [0, 0.05) is 0 Å². The minimum Gasteiger partial charge on any atom is -0.510 e. The van der Waals surface area contributed by atoms with E-state index in [1.165, 1.54) is 0 Å². The highest BCUT2D eigenvalue weighted by Crippen LogP contribution is 1.92. The Morgan fingerprint density at radius 1 is 1.62 bits per heavy atom. The monoisotopic (exact) mass is 116 g/mol. The Bertz CT molecular complexity index is 76.6. The SMILES string of the molecule is CCCC=C(O)CO. The van der Waals surface area contributed by atoms with Crippen molar-refractivity contribution in [2.75, 3.05) is 6.61 Å². The van der Waals surface area contributed by atoms with E-state index in [1.54, 1.807) is 6.08 Å². The molecule has 2 heteroatoms. The molecule has 0 heterocycles. The molecule has 0 radical (unpaired) electrons. The molecular weight excluding hydrogens is 104 g/mol. The number of hydrogen-bond donors (Lipinski definition) is 2. The van der Waals surface area contributed by atoms with Crippen LogP contribution in [0.25, 0.3) is 0 Å². The van der Waals surface area contributed by atoms with Crippen LogP contribution in [-0.4, -0.2) is 16.8 Å². The van der Waals surface area contributed by atoms with Crippen LogP contribution in [0.15, 0.2) is 11.8 Å². The predicted octanol–water partition coefficient (Wildman–Crippen LogP) is 1.22. The van der Waals surface area contributed by atoms with E-state index in [-0.39, 0.29) is 12.4 Å². The zero-order valence-electron chi connectivity index (χ0n) is 5.09. The Hall–Kier alpha value is -0.500. The summed E-state index contributed by atoms with van der Waals surface area (Å²) in [6.07, 6.45) is 3.47. The van der Waals surface area contributed by atoms with Crippen LogP contribution in [0, 0.1) is 0 Å². The second kappa shape index (κ2) is 4.65. The third kappa shape index (κ3) is 3.68. The summed E-state index contributed by atoms with van der Waals surface area (Å²) >= 11 is 0. The summed E-state index contributed by atoms with van der Waals surface area (Å²) in [7, 11) is 0. The van der Waals surface area contributed by atoms with Gasteiger partial charge >= 0.3 is 0 Å². The summed E-state index contributed by atoms with van der Waals surface area (Å²) in [4.78, 5) is 0. The first-order chi connectivity index (χ1) is 3.81. The van der Waals surface area contributed by atoms with Crippen molar-refractivity contribution >= 4 is 0 Å². The normalized spacial score (nSPS) is 12.0. The van der Waals surface area contributed by atoms with Crippen molar-refractivity contribution in [2.45, 2.75) is 19.8 Å². The van der Waals surface area contributed by atoms with Crippen molar-refractivity contribution in [3.8, 4) is 0 Å². The quantitative estimate of drug-likeness (QED) is 0.544. The van der Waals surface area contributed by atoms with Crippen LogP contribution >= 0.6 is 0 Å². The van der Waals surface area contributed by atoms with Gasteiger partial charge in [-0.15, -0.1) is 0 Å². The molecule has 0 bridgehead atoms. The molecule has 2 N–H and O–H groups in total. The number of allylic oxidation sites excluding steroid dienone is 1. The molecule has 0 amide bonds. The highest BCUT2D eigenvalue weighted by molar-refractivity contribution is 4.89. The summed E-state index contributed by atoms with van der Waals surface area (Å²) in [5.41, 5.74) is 0. The molecule has 0 saturated heterocycles. The van der Waals surface area contributed by atoms with E-state index < -0.39 is 0 Å². The van der Waals surface area contributed by atoms with Gasteiger partial charge in [0.05, 0.1) is 6.61 Å². The molecule has 8 heavy (non-hydrogen) atoms. The molecule has 0 saturated carbocycles. The smallest absolute Gasteiger partial charge is 0.114 e. The summed E-state index contributed by atoms with van der Waals surface area (Å²) in [6, 6.07) is 0. The third-order valence-corrected chi connectivity index (χ3v) is 0.831. The van der Waals surface area contributed by atoms with Gasteiger partial charge in [0.2, 0.25) is 0 Å². The van der Waals surface area contributed by atoms with E-state index in [2.05, 4.69) is 0 Å². The van der Waals surface area contributed by atoms with E-state index in [1.807, 2.05) is 6.92 Å². The minimum atomic E-state index is -0.236. The molecule has 0 fully saturated rings. The second-order valence-corrected chi connectivity index (χ2v) is 1.64. The molecule has 0 aliphatic carbocycles. The van der Waals surface area contributed by atoms with E-state index >= 15 is 0 Å². The van der Waals surface area contributed by atoms with Crippen molar-refractivity contribution in [2.24, 2.45) is 0 Å². The van der Waals surface area contributed by atoms with Crippen molar-refractivity contribution in [3.63, 3.8) is 0 Å². The standard InChI is InChI=1S/C6H12O2/c1-2-3-4-6(8)5-7/h4,7-8H,2-3,5H2,1H3. The first-order valence-electron chi connectivity index (χ1n) is 2.80. The maximum atomic E-state index is 8.60. The van der Waals surface area contributed by atoms with Crippen LogP contribution in [0.1, 0.15) is 19.8 Å². The lowest BCUT2D eigenvalue weighted by Gasteiger charge is -1.89. The van der Waals surface area contributed by atoms with Crippen LogP contribution in [-0.2, 0) is 0 Å². The number of rotatable bonds is 3. The van der Waals surface area contributed by atoms with Crippen LogP contribution < -0.4 is 0 Å². The fourth-order valence-electron chi connectivity index (χ4n) is 0.375. The fraction of sp³-hybridized carbons (Fsp3) is 0.667. The van der Waals surface area contributed by atoms with Gasteiger partial charge in [-0.3, -0.25) is 0 Å². The average Bonchev–Trinajstić information content (AvgIpc) is 1.83. The van der Waals surface area contributed by atoms with Gasteiger partial charge in [0.25, 0.3) is 0 Å². The summed E-state index contributed by atoms with van der Waals surface area (Å²) < 4.78 is 0. The maximum absolute atomic E-state index is 8.60. The molecule has 2 nitrogen and oxygen atoms in total. The summed E-state index contributed by atoms with van der Waals surface area (Å²) in [5.74, 6) is 0.0758. The highest BCUT2D eigenvalue weighted by atomic mass is 16.3. The number of unbranched alkanes of at least 4 members (excludes halogenated alkanes) is 1. The van der Waals surface area contributed by atoms with Gasteiger partial charge in [-0.1, -0.05) is 13.3 Å². The lowest BCUT2D eigenvalue weighted by atomic mass is 10.3. The molecule has 0 aromatic heterocycles. The Kier molecular flexibility index (Phi) is 4.36. The predicted molar refractivity (Wildman–Crippen MR) is 32.7 cm³/mol. The molecule has 0 spiro atoms. The lowest BCUT2D eigenvalue weighted by Crippen LogP contribution is -1.86. The van der Waals surface area contributed by atoms with E-state index in [0.29, 0.717) is 0 Å². The van der Waals surface area contributed by atoms with Gasteiger partial charge in [-0.25, -0.2) is 0 Å². The summed E-state index contributed by atoms with van der Waals surface area (Å²) in [6.45, 7) is 1.78. The van der Waals surface area contributed by atoms with Gasteiger partial charge in [0.15, 0.2) is 0 Å². The van der Waals surface area contributed by atoms with Gasteiger partial charge < -0.3 is 10.2 Å². The van der Waals surface area contributed by atoms with E-state index in [4.69, 9.17) is 10.2 Å². The summed E-state index contributed by atoms with van der Waals surface area (Å²) in [5, 5.41) is 16.8. The number of hydrogen-bond acceptors (Lipinski definition) is 2. The minimum absolute atomic E-state index is 0.0758. The molecule has 0 rings (SSSR count). The molecule has 0 aromatic carbocycles. The molecule has 0 unspecified atom stereocenters. The Labute approximate surface area is 49.5 Å². The van der Waals surface area contributed by atoms with Crippen LogP contribution in [0.5, 0.6) is 0 Å². The molecule has 0 aromatic rings. The van der Waals surface area contributed by atoms with E-state index in [9.17, 15) is 0 Å². The molecule has 48 valence electrons. The Morgan fingerprint density at radius 2 is 2.25 bits per heavy atom. The van der Waals surface area contributed by atoms with Gasteiger partial charge in [-0.05, 0) is 12.5 Å². The molecule has 0 atom stereocenters. The van der Waals surface area contributed by atoms with Crippen LogP contribution in [0.3, 0.4) is 0 Å². The van der Waals surface area contributed by atoms with E-state index in [0.717, 1.165) is 12.8 Å². The Morgan fingerprint density at radius 3 is 2.62 bits per heavy atom. The van der Waals surface area contributed by atoms with Crippen molar-refractivity contribution in [1.82, 2.24) is 0 Å². The Balaban J connectivity index is 3.26. The highest BCUT2D eigenvalue weighted by Gasteiger charge is 1.83. The molecule has 0 aliphatic heterocycles. The van der Waals surface area contributed by atoms with Crippen molar-refractivity contribution in [1.29, 1.82) is 0 Å². The zero-order valence-corrected chi connectivity index (χ0v) is 5.09. The number of aliphatic hydroxyl groups is 2. The van der Waals surface area contributed by atoms with Crippen molar-refractivity contribution < 1.29 is 10.2 Å². The zero-order chi connectivity index (χ0) is 6.41. The maximum Gasteiger partial charge on any atom is 0.114 e. The average molecular weight is 116 g/mol. The first kappa shape index (κ1) is 7.50. The largest absolute Gasteiger partial charge is 0.510 e. The fourth-order valence-corrected chi connectivity index (χ4v) is 0.375. The first-order valence-corrected chi connectivity index (χ1v) is 2.80. The van der Waals surface area contributed by atoms with Crippen LogP contribution in [0.4, 0.5) is 0 Å². The lowest BCUT2D eigenvalue weighted by molar-refractivity contribution is 0.252. The number of aliphatic hydroxyl groups excluding tert-OH is 2. The molecule has 0 aliphatic rings. The van der Waals surface area contributed by atoms with Crippen LogP contribution in [0.2, 0.25) is 0 Å². The second-order valence-electron chi connectivity index (χ2n) is 1.64. The molecular formula is C6H12O2. The third-order valence-electron chi connectivity index (χ3n) is 0.831. The van der Waals surface area contributed by atoms with Gasteiger partial charge in [-0.2, -0.15) is 0 Å². The van der Waals surface area contributed by atoms with Crippen molar-refractivity contribution in [3.05, 3.63) is 11.8 Å².